The number of Topliss-reactive ketones (excluding diaryl/α,β-unsaturated/α-hetero) is 1. The molecular formula is C21H25ClN2O4. The molecule has 0 spiro atoms. The largest absolute Gasteiger partial charge is 0.464 e. The summed E-state index contributed by atoms with van der Waals surface area (Å²) in [5.74, 6) is -1.08. The number of ketones is 1. The normalized spacial score (nSPS) is 11.8. The molecule has 0 fully saturated rings. The number of amides is 1. The van der Waals surface area contributed by atoms with Crippen molar-refractivity contribution in [1.29, 1.82) is 0 Å². The molecule has 2 aromatic rings. The Balaban J connectivity index is 2.41. The third-order valence-corrected chi connectivity index (χ3v) is 5.08. The first-order valence-corrected chi connectivity index (χ1v) is 9.49. The van der Waals surface area contributed by atoms with Crippen LogP contribution in [0.5, 0.6) is 0 Å². The molecular weight excluding hydrogens is 380 g/mol. The van der Waals surface area contributed by atoms with Gasteiger partial charge in [0.05, 0.1) is 23.7 Å². The van der Waals surface area contributed by atoms with Crippen LogP contribution in [0.25, 0.3) is 0 Å². The van der Waals surface area contributed by atoms with Gasteiger partial charge < -0.3 is 14.6 Å². The molecule has 1 amide bonds. The summed E-state index contributed by atoms with van der Waals surface area (Å²) in [7, 11) is 1.29. The molecule has 150 valence electrons. The van der Waals surface area contributed by atoms with Crippen LogP contribution >= 0.6 is 11.6 Å². The van der Waals surface area contributed by atoms with Gasteiger partial charge in [-0.15, -0.1) is 0 Å². The molecule has 0 saturated heterocycles. The number of nitrogens with zero attached hydrogens (tertiary/aromatic N) is 1. The summed E-state index contributed by atoms with van der Waals surface area (Å²) >= 11 is 6.18. The van der Waals surface area contributed by atoms with Crippen molar-refractivity contribution in [3.8, 4) is 0 Å². The molecule has 6 nitrogen and oxygen atoms in total. The summed E-state index contributed by atoms with van der Waals surface area (Å²) in [5.41, 5.74) is 2.09. The molecule has 0 aliphatic carbocycles. The van der Waals surface area contributed by atoms with Gasteiger partial charge in [0, 0.05) is 17.8 Å². The van der Waals surface area contributed by atoms with Gasteiger partial charge >= 0.3 is 5.97 Å². The number of methoxy groups -OCH3 is 1. The highest BCUT2D eigenvalue weighted by Crippen LogP contribution is 2.24. The molecule has 0 saturated carbocycles. The molecule has 1 N–H and O–H groups in total. The van der Waals surface area contributed by atoms with E-state index in [0.717, 1.165) is 0 Å². The van der Waals surface area contributed by atoms with Crippen LogP contribution < -0.4 is 0 Å². The molecule has 1 aromatic carbocycles. The number of halogens is 1. The molecule has 1 heterocycles. The lowest BCUT2D eigenvalue weighted by Gasteiger charge is -2.28. The van der Waals surface area contributed by atoms with E-state index in [1.54, 1.807) is 45.0 Å². The smallest absolute Gasteiger partial charge is 0.354 e. The Hall–Kier alpha value is -2.60. The van der Waals surface area contributed by atoms with Crippen molar-refractivity contribution in [3.05, 3.63) is 57.4 Å². The second kappa shape index (κ2) is 9.06. The molecule has 0 radical (unpaired) electrons. The summed E-state index contributed by atoms with van der Waals surface area (Å²) in [6.45, 7) is 7.45. The molecule has 0 bridgehead atoms. The van der Waals surface area contributed by atoms with Gasteiger partial charge in [-0.1, -0.05) is 30.7 Å². The Kier molecular flexibility index (Phi) is 7.02. The number of aromatic nitrogens is 1. The summed E-state index contributed by atoms with van der Waals surface area (Å²) in [5, 5.41) is 0.343. The number of benzene rings is 1. The van der Waals surface area contributed by atoms with Crippen LogP contribution in [0.1, 0.15) is 62.7 Å². The first-order valence-electron chi connectivity index (χ1n) is 9.11. The van der Waals surface area contributed by atoms with Crippen molar-refractivity contribution in [2.45, 2.75) is 40.2 Å². The van der Waals surface area contributed by atoms with Crippen molar-refractivity contribution in [1.82, 2.24) is 9.88 Å². The van der Waals surface area contributed by atoms with Crippen LogP contribution in [-0.2, 0) is 4.74 Å². The lowest BCUT2D eigenvalue weighted by molar-refractivity contribution is 0.0592. The fraction of sp³-hybridized carbons (Fsp3) is 0.381. The number of nitrogens with one attached hydrogen (secondary N) is 1. The van der Waals surface area contributed by atoms with Crippen LogP contribution in [0.2, 0.25) is 5.02 Å². The fourth-order valence-electron chi connectivity index (χ4n) is 3.28. The maximum absolute atomic E-state index is 13.2. The van der Waals surface area contributed by atoms with Gasteiger partial charge in [0.2, 0.25) is 0 Å². The quantitative estimate of drug-likeness (QED) is 0.554. The van der Waals surface area contributed by atoms with Crippen LogP contribution in [0.4, 0.5) is 0 Å². The Morgan fingerprint density at radius 1 is 1.21 bits per heavy atom. The van der Waals surface area contributed by atoms with E-state index in [9.17, 15) is 14.4 Å². The Morgan fingerprint density at radius 2 is 1.86 bits per heavy atom. The third kappa shape index (κ3) is 4.12. The zero-order valence-corrected chi connectivity index (χ0v) is 17.5. The Morgan fingerprint density at radius 3 is 2.43 bits per heavy atom. The van der Waals surface area contributed by atoms with Crippen molar-refractivity contribution >= 4 is 29.3 Å². The maximum atomic E-state index is 13.2. The van der Waals surface area contributed by atoms with Gasteiger partial charge in [0.1, 0.15) is 5.69 Å². The lowest BCUT2D eigenvalue weighted by Crippen LogP contribution is -2.44. The van der Waals surface area contributed by atoms with E-state index in [1.807, 2.05) is 6.92 Å². The highest BCUT2D eigenvalue weighted by molar-refractivity contribution is 6.33. The van der Waals surface area contributed by atoms with Gasteiger partial charge in [0.25, 0.3) is 5.91 Å². The van der Waals surface area contributed by atoms with Crippen LogP contribution in [0.3, 0.4) is 0 Å². The average Bonchev–Trinajstić information content (AvgIpc) is 2.98. The topological polar surface area (TPSA) is 79.5 Å². The average molecular weight is 405 g/mol. The second-order valence-corrected chi connectivity index (χ2v) is 7.04. The Bertz CT molecular complexity index is 904. The third-order valence-electron chi connectivity index (χ3n) is 4.75. The van der Waals surface area contributed by atoms with E-state index in [-0.39, 0.29) is 17.4 Å². The van der Waals surface area contributed by atoms with E-state index in [4.69, 9.17) is 16.3 Å². The first-order chi connectivity index (χ1) is 13.2. The van der Waals surface area contributed by atoms with Gasteiger partial charge in [-0.3, -0.25) is 9.59 Å². The van der Waals surface area contributed by atoms with Gasteiger partial charge in [-0.2, -0.15) is 0 Å². The molecule has 0 aliphatic rings. The number of rotatable bonds is 7. The minimum absolute atomic E-state index is 0.241. The molecule has 1 aromatic heterocycles. The molecule has 0 unspecified atom stereocenters. The van der Waals surface area contributed by atoms with Crippen LogP contribution in [-0.4, -0.2) is 47.2 Å². The Labute approximate surface area is 169 Å². The van der Waals surface area contributed by atoms with Gasteiger partial charge in [-0.25, -0.2) is 4.79 Å². The predicted octanol–water partition coefficient (Wildman–Crippen LogP) is 4.20. The molecule has 1 atom stereocenters. The predicted molar refractivity (Wildman–Crippen MR) is 108 cm³/mol. The van der Waals surface area contributed by atoms with Crippen LogP contribution in [0, 0.1) is 13.8 Å². The fourth-order valence-corrected chi connectivity index (χ4v) is 3.49. The molecule has 0 aliphatic heterocycles. The summed E-state index contributed by atoms with van der Waals surface area (Å²) in [6.07, 6.45) is 0.687. The van der Waals surface area contributed by atoms with Crippen LogP contribution in [0.15, 0.2) is 24.3 Å². The number of aryl methyl sites for hydroxylation is 1. The van der Waals surface area contributed by atoms with Crippen molar-refractivity contribution in [2.75, 3.05) is 13.7 Å². The molecule has 7 heteroatoms. The number of hydrogen-bond acceptors (Lipinski definition) is 4. The molecule has 2 rings (SSSR count). The lowest BCUT2D eigenvalue weighted by atomic mass is 9.99. The van der Waals surface area contributed by atoms with E-state index in [2.05, 4.69) is 4.98 Å². The second-order valence-electron chi connectivity index (χ2n) is 6.64. The number of carbonyl (C=O) groups excluding carboxylic acids is 3. The van der Waals surface area contributed by atoms with E-state index in [0.29, 0.717) is 40.4 Å². The SMILES string of the molecule is CCCN(C(=O)c1ccccc1Cl)[C@@H](C)C(=O)c1c(C)[nH]c(C(=O)OC)c1C. The minimum atomic E-state index is -0.720. The zero-order chi connectivity index (χ0) is 21.0. The van der Waals surface area contributed by atoms with Crippen molar-refractivity contribution in [2.24, 2.45) is 0 Å². The number of ether oxygens (including phenoxy) is 1. The summed E-state index contributed by atoms with van der Waals surface area (Å²) in [4.78, 5) is 42.7. The monoisotopic (exact) mass is 404 g/mol. The first kappa shape index (κ1) is 21.7. The van der Waals surface area contributed by atoms with Gasteiger partial charge in [-0.05, 0) is 44.9 Å². The summed E-state index contributed by atoms with van der Waals surface area (Å²) < 4.78 is 4.76. The van der Waals surface area contributed by atoms with E-state index in [1.165, 1.54) is 12.0 Å². The standard InChI is InChI=1S/C21H25ClN2O4/c1-6-11-24(20(26)15-9-7-8-10-16(15)22)14(4)19(25)17-12(2)18(21(27)28-5)23-13(17)3/h7-10,14,23H,6,11H2,1-5H3/t14-/m0/s1. The number of carbonyl (C=O) groups is 3. The van der Waals surface area contributed by atoms with Crippen molar-refractivity contribution in [3.63, 3.8) is 0 Å². The van der Waals surface area contributed by atoms with E-state index >= 15 is 0 Å². The summed E-state index contributed by atoms with van der Waals surface area (Å²) in [6, 6.07) is 6.06. The maximum Gasteiger partial charge on any atom is 0.354 e. The molecule has 28 heavy (non-hydrogen) atoms. The van der Waals surface area contributed by atoms with Crippen molar-refractivity contribution < 1.29 is 19.1 Å². The zero-order valence-electron chi connectivity index (χ0n) is 16.8. The number of H-pyrrole nitrogens is 1. The number of aromatic amines is 1. The minimum Gasteiger partial charge on any atom is -0.464 e. The van der Waals surface area contributed by atoms with Gasteiger partial charge in [0.15, 0.2) is 5.78 Å². The van der Waals surface area contributed by atoms with E-state index < -0.39 is 12.0 Å². The number of esters is 1. The number of hydrogen-bond donors (Lipinski definition) is 1. The highest BCUT2D eigenvalue weighted by Gasteiger charge is 2.31. The highest BCUT2D eigenvalue weighted by atomic mass is 35.5.